The molecular weight excluding hydrogens is 345 g/mol. The summed E-state index contributed by atoms with van der Waals surface area (Å²) >= 11 is 0. The molecule has 1 atom stereocenters. The van der Waals surface area contributed by atoms with E-state index in [1.54, 1.807) is 23.1 Å². The number of urea groups is 1. The summed E-state index contributed by atoms with van der Waals surface area (Å²) in [5, 5.41) is 2.61. The largest absolute Gasteiger partial charge is 0.321 e. The minimum Gasteiger partial charge on any atom is -0.319 e. The number of likely N-dealkylation sites (N-methyl/N-ethyl adjacent to an activating group) is 1. The molecule has 1 unspecified atom stereocenters. The third-order valence-electron chi connectivity index (χ3n) is 4.07. The summed E-state index contributed by atoms with van der Waals surface area (Å²) in [4.78, 5) is 16.0. The number of nitrogens with one attached hydrogen (secondary N) is 1. The highest BCUT2D eigenvalue weighted by Gasteiger charge is 2.34. The van der Waals surface area contributed by atoms with Crippen molar-refractivity contribution < 1.29 is 17.6 Å². The highest BCUT2D eigenvalue weighted by atomic mass is 32.2. The minimum absolute atomic E-state index is 0.00905. The summed E-state index contributed by atoms with van der Waals surface area (Å²) in [6, 6.07) is 5.54. The standard InChI is InChI=1S/C17H24FN3O3S/c1-20(2)10-11-21(15-8-12-25(23,24)13-15)17(22)19-9-7-14-5-3-4-6-16(14)18/h3-7,9,15H,8,10-13H2,1-2H3,(H,19,22)/b9-7+. The molecule has 1 aliphatic heterocycles. The lowest BCUT2D eigenvalue weighted by Crippen LogP contribution is -2.48. The zero-order valence-electron chi connectivity index (χ0n) is 14.5. The molecule has 1 heterocycles. The van der Waals surface area contributed by atoms with Gasteiger partial charge in [-0.3, -0.25) is 0 Å². The van der Waals surface area contributed by atoms with E-state index in [1.165, 1.54) is 18.3 Å². The van der Waals surface area contributed by atoms with Gasteiger partial charge in [0.15, 0.2) is 9.84 Å². The number of benzene rings is 1. The molecule has 1 aromatic carbocycles. The number of halogens is 1. The number of sulfone groups is 1. The maximum atomic E-state index is 13.6. The maximum Gasteiger partial charge on any atom is 0.321 e. The molecule has 1 saturated heterocycles. The second kappa shape index (κ2) is 8.44. The Labute approximate surface area is 148 Å². The molecule has 0 saturated carbocycles. The Bertz CT molecular complexity index is 734. The van der Waals surface area contributed by atoms with Gasteiger partial charge in [0.1, 0.15) is 5.82 Å². The number of amides is 2. The molecule has 0 spiro atoms. The molecule has 6 nitrogen and oxygen atoms in total. The second-order valence-corrected chi connectivity index (χ2v) is 8.59. The van der Waals surface area contributed by atoms with Crippen LogP contribution < -0.4 is 5.32 Å². The molecule has 1 aliphatic rings. The van der Waals surface area contributed by atoms with E-state index >= 15 is 0 Å². The zero-order chi connectivity index (χ0) is 18.4. The molecule has 138 valence electrons. The molecule has 8 heteroatoms. The predicted octanol–water partition coefficient (Wildman–Crippen LogP) is 1.56. The molecule has 1 N–H and O–H groups in total. The minimum atomic E-state index is -3.08. The van der Waals surface area contributed by atoms with E-state index in [2.05, 4.69) is 5.32 Å². The van der Waals surface area contributed by atoms with Crippen LogP contribution in [0.2, 0.25) is 0 Å². The predicted molar refractivity (Wildman–Crippen MR) is 96.3 cm³/mol. The van der Waals surface area contributed by atoms with Crippen molar-refractivity contribution in [3.63, 3.8) is 0 Å². The molecule has 0 radical (unpaired) electrons. The van der Waals surface area contributed by atoms with Gasteiger partial charge in [0.25, 0.3) is 0 Å². The van der Waals surface area contributed by atoms with Gasteiger partial charge in [0, 0.05) is 30.9 Å². The average Bonchev–Trinajstić information content (AvgIpc) is 2.89. The number of carbonyl (C=O) groups is 1. The van der Waals surface area contributed by atoms with Crippen LogP contribution in [0.25, 0.3) is 6.08 Å². The van der Waals surface area contributed by atoms with Gasteiger partial charge in [-0.2, -0.15) is 0 Å². The first-order chi connectivity index (χ1) is 11.8. The lowest BCUT2D eigenvalue weighted by molar-refractivity contribution is 0.176. The van der Waals surface area contributed by atoms with E-state index in [4.69, 9.17) is 0 Å². The van der Waals surface area contributed by atoms with Crippen molar-refractivity contribution in [1.82, 2.24) is 15.1 Å². The van der Waals surface area contributed by atoms with E-state index in [0.717, 1.165) is 0 Å². The van der Waals surface area contributed by atoms with E-state index in [0.29, 0.717) is 25.1 Å². The monoisotopic (exact) mass is 369 g/mol. The van der Waals surface area contributed by atoms with Crippen LogP contribution in [-0.2, 0) is 9.84 Å². The molecule has 2 rings (SSSR count). The zero-order valence-corrected chi connectivity index (χ0v) is 15.3. The first-order valence-corrected chi connectivity index (χ1v) is 9.94. The fourth-order valence-electron chi connectivity index (χ4n) is 2.67. The normalized spacial score (nSPS) is 19.4. The van der Waals surface area contributed by atoms with Crippen LogP contribution >= 0.6 is 0 Å². The summed E-state index contributed by atoms with van der Waals surface area (Å²) in [5.41, 5.74) is 0.367. The quantitative estimate of drug-likeness (QED) is 0.826. The Morgan fingerprint density at radius 1 is 1.32 bits per heavy atom. The third-order valence-corrected chi connectivity index (χ3v) is 5.82. The molecule has 0 bridgehead atoms. The number of rotatable bonds is 6. The van der Waals surface area contributed by atoms with Gasteiger partial charge in [-0.15, -0.1) is 0 Å². The van der Waals surface area contributed by atoms with Crippen molar-refractivity contribution in [3.8, 4) is 0 Å². The number of hydrogen-bond acceptors (Lipinski definition) is 4. The Balaban J connectivity index is 2.03. The van der Waals surface area contributed by atoms with Crippen LogP contribution in [0.15, 0.2) is 30.5 Å². The molecule has 25 heavy (non-hydrogen) atoms. The van der Waals surface area contributed by atoms with Gasteiger partial charge >= 0.3 is 6.03 Å². The van der Waals surface area contributed by atoms with Crippen LogP contribution in [0.3, 0.4) is 0 Å². The van der Waals surface area contributed by atoms with Crippen molar-refractivity contribution >= 4 is 21.9 Å². The lowest BCUT2D eigenvalue weighted by atomic mass is 10.2. The molecule has 2 amide bonds. The van der Waals surface area contributed by atoms with Gasteiger partial charge in [-0.1, -0.05) is 18.2 Å². The van der Waals surface area contributed by atoms with Gasteiger partial charge in [-0.25, -0.2) is 17.6 Å². The number of nitrogens with zero attached hydrogens (tertiary/aromatic N) is 2. The highest BCUT2D eigenvalue weighted by molar-refractivity contribution is 7.91. The van der Waals surface area contributed by atoms with Crippen molar-refractivity contribution in [3.05, 3.63) is 41.8 Å². The van der Waals surface area contributed by atoms with Gasteiger partial charge < -0.3 is 15.1 Å². The summed E-state index contributed by atoms with van der Waals surface area (Å²) in [6.45, 7) is 1.05. The van der Waals surface area contributed by atoms with Crippen LogP contribution in [0.1, 0.15) is 12.0 Å². The average molecular weight is 369 g/mol. The highest BCUT2D eigenvalue weighted by Crippen LogP contribution is 2.18. The van der Waals surface area contributed by atoms with E-state index in [9.17, 15) is 17.6 Å². The van der Waals surface area contributed by atoms with Crippen LogP contribution in [0, 0.1) is 5.82 Å². The van der Waals surface area contributed by atoms with Crippen LogP contribution in [0.5, 0.6) is 0 Å². The van der Waals surface area contributed by atoms with Crippen LogP contribution in [0.4, 0.5) is 9.18 Å². The molecule has 0 aromatic heterocycles. The smallest absolute Gasteiger partial charge is 0.319 e. The van der Waals surface area contributed by atoms with E-state index in [-0.39, 0.29) is 29.4 Å². The number of carbonyl (C=O) groups excluding carboxylic acids is 1. The Morgan fingerprint density at radius 3 is 2.64 bits per heavy atom. The fraction of sp³-hybridized carbons (Fsp3) is 0.471. The van der Waals surface area contributed by atoms with Gasteiger partial charge in [0.2, 0.25) is 0 Å². The topological polar surface area (TPSA) is 69.7 Å². The maximum absolute atomic E-state index is 13.6. The molecule has 0 aliphatic carbocycles. The fourth-order valence-corrected chi connectivity index (χ4v) is 4.41. The third kappa shape index (κ3) is 5.82. The SMILES string of the molecule is CN(C)CCN(C(=O)N/C=C/c1ccccc1F)C1CCS(=O)(=O)C1. The summed E-state index contributed by atoms with van der Waals surface area (Å²) in [5.74, 6) is -0.279. The Morgan fingerprint density at radius 2 is 2.04 bits per heavy atom. The van der Waals surface area contributed by atoms with Crippen molar-refractivity contribution in [2.24, 2.45) is 0 Å². The first kappa shape index (κ1) is 19.4. The summed E-state index contributed by atoms with van der Waals surface area (Å²) in [6.07, 6.45) is 3.30. The molecule has 1 fully saturated rings. The van der Waals surface area contributed by atoms with Gasteiger partial charge in [-0.05, 0) is 32.7 Å². The van der Waals surface area contributed by atoms with E-state index < -0.39 is 9.84 Å². The van der Waals surface area contributed by atoms with Crippen molar-refractivity contribution in [1.29, 1.82) is 0 Å². The van der Waals surface area contributed by atoms with Crippen molar-refractivity contribution in [2.45, 2.75) is 12.5 Å². The summed E-state index contributed by atoms with van der Waals surface area (Å²) in [7, 11) is 0.692. The molecular formula is C17H24FN3O3S. The van der Waals surface area contributed by atoms with Gasteiger partial charge in [0.05, 0.1) is 11.5 Å². The lowest BCUT2D eigenvalue weighted by Gasteiger charge is -2.29. The Hall–Kier alpha value is -1.93. The van der Waals surface area contributed by atoms with E-state index in [1.807, 2.05) is 19.0 Å². The van der Waals surface area contributed by atoms with Crippen LogP contribution in [-0.4, -0.2) is 69.0 Å². The molecule has 1 aromatic rings. The second-order valence-electron chi connectivity index (χ2n) is 6.36. The summed E-state index contributed by atoms with van der Waals surface area (Å²) < 4.78 is 37.0. The number of hydrogen-bond donors (Lipinski definition) is 1. The Kier molecular flexibility index (Phi) is 6.55. The van der Waals surface area contributed by atoms with Crippen molar-refractivity contribution in [2.75, 3.05) is 38.7 Å². The first-order valence-electron chi connectivity index (χ1n) is 8.12.